The van der Waals surface area contributed by atoms with E-state index in [2.05, 4.69) is 25.8 Å². The molecule has 2 nitrogen and oxygen atoms in total. The van der Waals surface area contributed by atoms with Gasteiger partial charge in [-0.2, -0.15) is 0 Å². The molecule has 0 fully saturated rings. The van der Waals surface area contributed by atoms with Crippen LogP contribution in [0.15, 0.2) is 4.99 Å². The van der Waals surface area contributed by atoms with Crippen molar-refractivity contribution in [3.05, 3.63) is 0 Å². The molecule has 0 saturated carbocycles. The van der Waals surface area contributed by atoms with Crippen molar-refractivity contribution in [1.29, 1.82) is 0 Å². The molecule has 0 aromatic rings. The van der Waals surface area contributed by atoms with Crippen molar-refractivity contribution in [3.63, 3.8) is 0 Å². The summed E-state index contributed by atoms with van der Waals surface area (Å²) in [7, 11) is 0. The average molecular weight is 127 g/mol. The fourth-order valence-electron chi connectivity index (χ4n) is 0.392. The van der Waals surface area contributed by atoms with Gasteiger partial charge in [-0.15, -0.1) is 0 Å². The smallest absolute Gasteiger partial charge is 0.211 e. The van der Waals surface area contributed by atoms with E-state index in [1.54, 1.807) is 0 Å². The molecule has 1 unspecified atom stereocenters. The molecule has 0 aromatic carbocycles. The maximum Gasteiger partial charge on any atom is 0.234 e. The normalized spacial score (nSPS) is 12.9. The van der Waals surface area contributed by atoms with Gasteiger partial charge in [-0.1, -0.05) is 20.8 Å². The highest BCUT2D eigenvalue weighted by Gasteiger charge is 2.04. The Morgan fingerprint density at radius 3 is 2.33 bits per heavy atom. The molecule has 1 atom stereocenters. The quantitative estimate of drug-likeness (QED) is 0.418. The zero-order chi connectivity index (χ0) is 7.28. The topological polar surface area (TPSA) is 29.4 Å². The van der Waals surface area contributed by atoms with Gasteiger partial charge in [-0.3, -0.25) is 0 Å². The molecule has 0 heterocycles. The predicted octanol–water partition coefficient (Wildman–Crippen LogP) is 1.61. The maximum atomic E-state index is 9.64. The van der Waals surface area contributed by atoms with Crippen LogP contribution in [0.5, 0.6) is 0 Å². The lowest BCUT2D eigenvalue weighted by molar-refractivity contribution is 0.429. The molecule has 0 saturated heterocycles. The lowest BCUT2D eigenvalue weighted by atomic mass is 9.99. The Hall–Kier alpha value is -0.620. The molecule has 0 amide bonds. The van der Waals surface area contributed by atoms with Gasteiger partial charge < -0.3 is 0 Å². The molecule has 0 bridgehead atoms. The minimum atomic E-state index is 0.492. The summed E-state index contributed by atoms with van der Waals surface area (Å²) in [4.78, 5) is 13.1. The number of hydrogen-bond acceptors (Lipinski definition) is 2. The van der Waals surface area contributed by atoms with E-state index < -0.39 is 0 Å². The highest BCUT2D eigenvalue weighted by molar-refractivity contribution is 5.32. The van der Waals surface area contributed by atoms with Crippen LogP contribution < -0.4 is 0 Å². The van der Waals surface area contributed by atoms with E-state index in [0.717, 1.165) is 0 Å². The molecule has 52 valence electrons. The first kappa shape index (κ1) is 8.38. The van der Waals surface area contributed by atoms with Gasteiger partial charge in [0, 0.05) is 0 Å². The number of rotatable bonds is 3. The van der Waals surface area contributed by atoms with Gasteiger partial charge >= 0.3 is 0 Å². The third-order valence-corrected chi connectivity index (χ3v) is 1.58. The van der Waals surface area contributed by atoms with Crippen LogP contribution in [0.2, 0.25) is 0 Å². The Morgan fingerprint density at radius 2 is 2.00 bits per heavy atom. The summed E-state index contributed by atoms with van der Waals surface area (Å²) < 4.78 is 0. The minimum absolute atomic E-state index is 0.492. The molecule has 0 aliphatic heterocycles. The summed E-state index contributed by atoms with van der Waals surface area (Å²) in [6, 6.07) is 0. The highest BCUT2D eigenvalue weighted by Crippen LogP contribution is 2.08. The molecular weight excluding hydrogens is 114 g/mol. The zero-order valence-electron chi connectivity index (χ0n) is 6.22. The number of isocyanates is 1. The van der Waals surface area contributed by atoms with Crippen LogP contribution in [0.4, 0.5) is 0 Å². The second kappa shape index (κ2) is 4.28. The molecular formula is C7H13NO. The Morgan fingerprint density at radius 1 is 1.44 bits per heavy atom. The Balaban J connectivity index is 3.49. The summed E-state index contributed by atoms with van der Waals surface area (Å²) in [5.74, 6) is 1.09. The molecule has 0 spiro atoms. The van der Waals surface area contributed by atoms with Crippen LogP contribution in [-0.4, -0.2) is 12.6 Å². The first-order valence-corrected chi connectivity index (χ1v) is 3.22. The molecule has 0 aromatic heterocycles. The van der Waals surface area contributed by atoms with Gasteiger partial charge in [0.25, 0.3) is 0 Å². The fourth-order valence-corrected chi connectivity index (χ4v) is 0.392. The van der Waals surface area contributed by atoms with Gasteiger partial charge in [0.05, 0.1) is 6.54 Å². The summed E-state index contributed by atoms with van der Waals surface area (Å²) in [6.07, 6.45) is 1.53. The van der Waals surface area contributed by atoms with Crippen LogP contribution in [0.25, 0.3) is 0 Å². The first-order valence-electron chi connectivity index (χ1n) is 3.22. The van der Waals surface area contributed by atoms with Gasteiger partial charge in [-0.25, -0.2) is 9.79 Å². The molecule has 0 radical (unpaired) electrons. The van der Waals surface area contributed by atoms with E-state index >= 15 is 0 Å². The van der Waals surface area contributed by atoms with Crippen LogP contribution in [0.3, 0.4) is 0 Å². The monoisotopic (exact) mass is 127 g/mol. The number of hydrogen-bond donors (Lipinski definition) is 0. The third-order valence-electron chi connectivity index (χ3n) is 1.58. The van der Waals surface area contributed by atoms with Crippen molar-refractivity contribution in [2.24, 2.45) is 16.8 Å². The van der Waals surface area contributed by atoms with Crippen LogP contribution in [0.1, 0.15) is 20.8 Å². The predicted molar refractivity (Wildman–Crippen MR) is 37.0 cm³/mol. The minimum Gasteiger partial charge on any atom is -0.211 e. The Kier molecular flexibility index (Phi) is 3.98. The van der Waals surface area contributed by atoms with Crippen molar-refractivity contribution in [1.82, 2.24) is 0 Å². The SMILES string of the molecule is CC(C)C(C)CN=C=O. The second-order valence-electron chi connectivity index (χ2n) is 2.65. The zero-order valence-corrected chi connectivity index (χ0v) is 6.22. The summed E-state index contributed by atoms with van der Waals surface area (Å²) in [5, 5.41) is 0. The van der Waals surface area contributed by atoms with Gasteiger partial charge in [0.1, 0.15) is 0 Å². The first-order chi connectivity index (χ1) is 4.18. The van der Waals surface area contributed by atoms with Crippen LogP contribution in [0, 0.1) is 11.8 Å². The third kappa shape index (κ3) is 3.92. The largest absolute Gasteiger partial charge is 0.234 e. The molecule has 0 aliphatic rings. The van der Waals surface area contributed by atoms with Gasteiger partial charge in [0.15, 0.2) is 0 Å². The summed E-state index contributed by atoms with van der Waals surface area (Å²) in [6.45, 7) is 6.92. The molecule has 0 aliphatic carbocycles. The van der Waals surface area contributed by atoms with E-state index in [1.807, 2.05) is 0 Å². The summed E-state index contributed by atoms with van der Waals surface area (Å²) >= 11 is 0. The van der Waals surface area contributed by atoms with Crippen molar-refractivity contribution < 1.29 is 4.79 Å². The van der Waals surface area contributed by atoms with Gasteiger partial charge in [-0.05, 0) is 11.8 Å². The fraction of sp³-hybridized carbons (Fsp3) is 0.857. The van der Waals surface area contributed by atoms with E-state index in [-0.39, 0.29) is 0 Å². The Labute approximate surface area is 56.0 Å². The Bertz CT molecular complexity index is 114. The van der Waals surface area contributed by atoms with Crippen molar-refractivity contribution >= 4 is 6.08 Å². The standard InChI is InChI=1S/C7H13NO/c1-6(2)7(3)4-8-5-9/h6-7H,4H2,1-3H3. The van der Waals surface area contributed by atoms with E-state index in [1.165, 1.54) is 6.08 Å². The number of nitrogens with zero attached hydrogens (tertiary/aromatic N) is 1. The van der Waals surface area contributed by atoms with E-state index in [0.29, 0.717) is 18.4 Å². The van der Waals surface area contributed by atoms with Crippen molar-refractivity contribution in [3.8, 4) is 0 Å². The van der Waals surface area contributed by atoms with Crippen molar-refractivity contribution in [2.75, 3.05) is 6.54 Å². The highest BCUT2D eigenvalue weighted by atomic mass is 16.1. The van der Waals surface area contributed by atoms with E-state index in [9.17, 15) is 4.79 Å². The molecule has 0 rings (SSSR count). The van der Waals surface area contributed by atoms with E-state index in [4.69, 9.17) is 0 Å². The van der Waals surface area contributed by atoms with Crippen LogP contribution in [-0.2, 0) is 4.79 Å². The van der Waals surface area contributed by atoms with Crippen molar-refractivity contribution in [2.45, 2.75) is 20.8 Å². The lowest BCUT2D eigenvalue weighted by Crippen LogP contribution is -2.06. The molecule has 9 heavy (non-hydrogen) atoms. The van der Waals surface area contributed by atoms with Crippen LogP contribution >= 0.6 is 0 Å². The van der Waals surface area contributed by atoms with Gasteiger partial charge in [0.2, 0.25) is 6.08 Å². The summed E-state index contributed by atoms with van der Waals surface area (Å²) in [5.41, 5.74) is 0. The molecule has 2 heteroatoms. The number of aliphatic imine (C=N–C) groups is 1. The average Bonchev–Trinajstić information content (AvgIpc) is 1.82. The maximum absolute atomic E-state index is 9.64. The molecule has 0 N–H and O–H groups in total. The second-order valence-corrected chi connectivity index (χ2v) is 2.65. The number of carbonyl (C=O) groups excluding carboxylic acids is 1. The lowest BCUT2D eigenvalue weighted by Gasteiger charge is -2.09.